The quantitative estimate of drug-likeness (QED) is 0.147. The third-order valence-electron chi connectivity index (χ3n) is 6.27. The van der Waals surface area contributed by atoms with E-state index in [0.717, 1.165) is 17.6 Å². The van der Waals surface area contributed by atoms with Crippen molar-refractivity contribution in [3.8, 4) is 0 Å². The predicted molar refractivity (Wildman–Crippen MR) is 158 cm³/mol. The molecule has 0 aromatic rings. The standard InChI is InChI=1S/C31H47N3O6/c1-8-9-14-24(39-30(32)38)15-12-19-33-28(36)27(31(5,6)7)34-26(35)16-11-10-13-21(2)20-23(4)25-18-17-22(3)29(37)40-25/h8-13,16-17,19-20,23-25,27,29,37H,14-15,18H2,1-7H3,(H2,32,38)(H,33,36)(H,34,35)/b9-8-,13-10-,16-11-,19-12-,21-20+/t23-,24-,25-,27+,29+/m0/s1. The normalized spacial score (nSPS) is 21.0. The highest BCUT2D eigenvalue weighted by atomic mass is 16.6. The summed E-state index contributed by atoms with van der Waals surface area (Å²) in [7, 11) is 0. The van der Waals surface area contributed by atoms with Crippen LogP contribution in [0.5, 0.6) is 0 Å². The second kappa shape index (κ2) is 17.3. The van der Waals surface area contributed by atoms with Crippen LogP contribution < -0.4 is 16.4 Å². The van der Waals surface area contributed by atoms with E-state index in [1.165, 1.54) is 12.3 Å². The summed E-state index contributed by atoms with van der Waals surface area (Å²) >= 11 is 0. The number of hydrogen-bond acceptors (Lipinski definition) is 6. The minimum Gasteiger partial charge on any atom is -0.446 e. The van der Waals surface area contributed by atoms with E-state index >= 15 is 0 Å². The van der Waals surface area contributed by atoms with Crippen LogP contribution in [0.2, 0.25) is 0 Å². The second-order valence-corrected chi connectivity index (χ2v) is 11.0. The number of primary amides is 1. The van der Waals surface area contributed by atoms with Gasteiger partial charge in [-0.3, -0.25) is 9.59 Å². The molecule has 1 rings (SSSR count). The highest BCUT2D eigenvalue weighted by Crippen LogP contribution is 2.24. The Morgan fingerprint density at radius 1 is 1.20 bits per heavy atom. The van der Waals surface area contributed by atoms with Crippen LogP contribution in [-0.4, -0.2) is 47.6 Å². The van der Waals surface area contributed by atoms with Gasteiger partial charge in [0.25, 0.3) is 0 Å². The largest absolute Gasteiger partial charge is 0.446 e. The molecule has 9 nitrogen and oxygen atoms in total. The first-order valence-electron chi connectivity index (χ1n) is 13.6. The van der Waals surface area contributed by atoms with Gasteiger partial charge in [0.15, 0.2) is 6.29 Å². The van der Waals surface area contributed by atoms with Crippen molar-refractivity contribution in [3.05, 3.63) is 72.0 Å². The zero-order chi connectivity index (χ0) is 30.3. The molecule has 5 atom stereocenters. The van der Waals surface area contributed by atoms with Gasteiger partial charge in [-0.25, -0.2) is 4.79 Å². The number of carbonyl (C=O) groups excluding carboxylic acids is 3. The fraction of sp³-hybridized carbons (Fsp3) is 0.516. The smallest absolute Gasteiger partial charge is 0.404 e. The van der Waals surface area contributed by atoms with Crippen molar-refractivity contribution in [1.29, 1.82) is 0 Å². The Morgan fingerprint density at radius 2 is 1.85 bits per heavy atom. The van der Waals surface area contributed by atoms with Gasteiger partial charge in [0.2, 0.25) is 11.8 Å². The van der Waals surface area contributed by atoms with Gasteiger partial charge in [-0.15, -0.1) is 0 Å². The minimum atomic E-state index is -0.856. The van der Waals surface area contributed by atoms with E-state index in [-0.39, 0.29) is 17.9 Å². The van der Waals surface area contributed by atoms with Gasteiger partial charge in [-0.2, -0.15) is 0 Å². The topological polar surface area (TPSA) is 140 Å². The number of nitrogens with one attached hydrogen (secondary N) is 2. The summed E-state index contributed by atoms with van der Waals surface area (Å²) in [6.45, 7) is 13.3. The first-order chi connectivity index (χ1) is 18.7. The number of allylic oxidation sites excluding steroid dienone is 5. The van der Waals surface area contributed by atoms with Crippen molar-refractivity contribution < 1.29 is 29.0 Å². The van der Waals surface area contributed by atoms with E-state index in [2.05, 4.69) is 16.7 Å². The van der Waals surface area contributed by atoms with Crippen LogP contribution in [0.25, 0.3) is 0 Å². The molecule has 0 aromatic heterocycles. The lowest BCUT2D eigenvalue weighted by atomic mass is 9.86. The molecule has 5 N–H and O–H groups in total. The number of aliphatic hydroxyl groups excluding tert-OH is 1. The second-order valence-electron chi connectivity index (χ2n) is 11.0. The number of ether oxygens (including phenoxy) is 2. The van der Waals surface area contributed by atoms with Gasteiger partial charge in [-0.05, 0) is 44.4 Å². The van der Waals surface area contributed by atoms with Crippen molar-refractivity contribution in [2.24, 2.45) is 17.1 Å². The van der Waals surface area contributed by atoms with E-state index in [0.29, 0.717) is 12.8 Å². The van der Waals surface area contributed by atoms with Crippen LogP contribution in [0.3, 0.4) is 0 Å². The summed E-state index contributed by atoms with van der Waals surface area (Å²) in [5.41, 5.74) is 6.40. The Kier molecular flexibility index (Phi) is 15.0. The summed E-state index contributed by atoms with van der Waals surface area (Å²) in [4.78, 5) is 36.5. The summed E-state index contributed by atoms with van der Waals surface area (Å²) in [6, 6.07) is -0.787. The molecule has 0 saturated carbocycles. The van der Waals surface area contributed by atoms with Gasteiger partial charge >= 0.3 is 6.09 Å². The Bertz CT molecular complexity index is 1030. The van der Waals surface area contributed by atoms with E-state index in [1.807, 2.05) is 72.8 Å². The fourth-order valence-electron chi connectivity index (χ4n) is 3.95. The monoisotopic (exact) mass is 557 g/mol. The summed E-state index contributed by atoms with van der Waals surface area (Å²) in [5, 5.41) is 15.4. The van der Waals surface area contributed by atoms with Crippen molar-refractivity contribution in [3.63, 3.8) is 0 Å². The van der Waals surface area contributed by atoms with Gasteiger partial charge in [0.05, 0.1) is 6.10 Å². The van der Waals surface area contributed by atoms with E-state index in [9.17, 15) is 19.5 Å². The average molecular weight is 558 g/mol. The fourth-order valence-corrected chi connectivity index (χ4v) is 3.95. The molecule has 40 heavy (non-hydrogen) atoms. The number of nitrogens with two attached hydrogens (primary N) is 1. The third kappa shape index (κ3) is 13.6. The molecule has 1 aliphatic rings. The van der Waals surface area contributed by atoms with Crippen molar-refractivity contribution in [2.75, 3.05) is 0 Å². The highest BCUT2D eigenvalue weighted by molar-refractivity contribution is 5.93. The number of hydrogen-bond donors (Lipinski definition) is 4. The first kappa shape index (κ1) is 34.6. The highest BCUT2D eigenvalue weighted by Gasteiger charge is 2.32. The molecular formula is C31H47N3O6. The SMILES string of the molecule is C/C=C\C[C@@H](C/C=C\NC(=O)[C@@H](NC(=O)\C=C/C=C\C(C)=C\[C@H](C)[C@@H]1CC=C(C)[C@H](O)O1)C(C)(C)C)OC(N)=O. The van der Waals surface area contributed by atoms with E-state index < -0.39 is 35.9 Å². The van der Waals surface area contributed by atoms with Crippen LogP contribution in [0.15, 0.2) is 72.0 Å². The maximum atomic E-state index is 12.8. The average Bonchev–Trinajstić information content (AvgIpc) is 2.86. The zero-order valence-corrected chi connectivity index (χ0v) is 24.8. The maximum absolute atomic E-state index is 12.8. The summed E-state index contributed by atoms with van der Waals surface area (Å²) in [5.74, 6) is -0.660. The molecule has 1 aliphatic heterocycles. The number of rotatable bonds is 13. The van der Waals surface area contributed by atoms with E-state index in [1.54, 1.807) is 18.2 Å². The first-order valence-corrected chi connectivity index (χ1v) is 13.6. The maximum Gasteiger partial charge on any atom is 0.404 e. The molecule has 0 aromatic carbocycles. The van der Waals surface area contributed by atoms with Crippen molar-refractivity contribution in [2.45, 2.75) is 92.3 Å². The van der Waals surface area contributed by atoms with Crippen LogP contribution in [0.1, 0.15) is 67.7 Å². The lowest BCUT2D eigenvalue weighted by Gasteiger charge is -2.29. The Balaban J connectivity index is 2.68. The molecule has 0 spiro atoms. The van der Waals surface area contributed by atoms with Gasteiger partial charge in [-0.1, -0.05) is 81.9 Å². The predicted octanol–water partition coefficient (Wildman–Crippen LogP) is 4.72. The number of aliphatic hydroxyl groups is 1. The van der Waals surface area contributed by atoms with Crippen LogP contribution >= 0.6 is 0 Å². The minimum absolute atomic E-state index is 0.0955. The molecule has 0 saturated heterocycles. The Labute approximate surface area is 238 Å². The molecule has 1 heterocycles. The Hall–Kier alpha value is -3.43. The molecule has 9 heteroatoms. The van der Waals surface area contributed by atoms with Crippen molar-refractivity contribution in [1.82, 2.24) is 10.6 Å². The molecule has 0 fully saturated rings. The molecule has 3 amide bonds. The lowest BCUT2D eigenvalue weighted by Crippen LogP contribution is -2.52. The molecule has 0 bridgehead atoms. The van der Waals surface area contributed by atoms with Crippen LogP contribution in [0.4, 0.5) is 4.79 Å². The zero-order valence-electron chi connectivity index (χ0n) is 24.8. The van der Waals surface area contributed by atoms with Gasteiger partial charge in [0, 0.05) is 24.8 Å². The molecule has 0 radical (unpaired) electrons. The van der Waals surface area contributed by atoms with Gasteiger partial charge < -0.3 is 30.9 Å². The molecule has 0 aliphatic carbocycles. The molecular weight excluding hydrogens is 510 g/mol. The molecule has 0 unspecified atom stereocenters. The van der Waals surface area contributed by atoms with Crippen LogP contribution in [0, 0.1) is 11.3 Å². The molecule has 222 valence electrons. The summed E-state index contributed by atoms with van der Waals surface area (Å²) in [6.07, 6.45) is 16.9. The van der Waals surface area contributed by atoms with Gasteiger partial charge in [0.1, 0.15) is 12.1 Å². The number of carbonyl (C=O) groups is 3. The van der Waals surface area contributed by atoms with Crippen molar-refractivity contribution >= 4 is 17.9 Å². The van der Waals surface area contributed by atoms with Crippen LogP contribution in [-0.2, 0) is 19.1 Å². The van der Waals surface area contributed by atoms with E-state index in [4.69, 9.17) is 15.2 Å². The number of amides is 3. The summed E-state index contributed by atoms with van der Waals surface area (Å²) < 4.78 is 10.7. The third-order valence-corrected chi connectivity index (χ3v) is 6.27. The lowest BCUT2D eigenvalue weighted by molar-refractivity contribution is -0.129. The Morgan fingerprint density at radius 3 is 2.45 bits per heavy atom.